The van der Waals surface area contributed by atoms with Crippen LogP contribution in [-0.4, -0.2) is 34.4 Å². The number of likely N-dealkylation sites (tertiary alicyclic amines) is 1. The zero-order chi connectivity index (χ0) is 25.0. The van der Waals surface area contributed by atoms with Gasteiger partial charge in [0.15, 0.2) is 0 Å². The number of ether oxygens (including phenoxy) is 1. The number of carbonyl (C=O) groups is 2. The van der Waals surface area contributed by atoms with E-state index in [0.29, 0.717) is 54.0 Å². The molecule has 0 radical (unpaired) electrons. The molecule has 0 unspecified atom stereocenters. The first-order valence-corrected chi connectivity index (χ1v) is 12.9. The summed E-state index contributed by atoms with van der Waals surface area (Å²) < 4.78 is 23.0. The second kappa shape index (κ2) is 8.83. The Labute approximate surface area is 220 Å². The van der Waals surface area contributed by atoms with Gasteiger partial charge in [0, 0.05) is 34.2 Å². The summed E-state index contributed by atoms with van der Waals surface area (Å²) in [6.45, 7) is 1.61. The molecule has 3 heterocycles. The van der Waals surface area contributed by atoms with Crippen LogP contribution in [0.4, 0.5) is 4.39 Å². The van der Waals surface area contributed by atoms with Crippen LogP contribution in [0.2, 0.25) is 5.02 Å². The molecule has 0 atom stereocenters. The SMILES string of the molecule is O=C(c1cn(C(=O)c2ccccc2F)c2cc(Cl)ccc12)N1CCC2(CC1)OCc1cc(Br)ccc12. The molecule has 3 aromatic carbocycles. The van der Waals surface area contributed by atoms with Crippen molar-refractivity contribution in [1.29, 1.82) is 0 Å². The minimum absolute atomic E-state index is 0.0722. The van der Waals surface area contributed by atoms with Crippen molar-refractivity contribution in [3.05, 3.63) is 104 Å². The number of aromatic nitrogens is 1. The molecule has 1 saturated heterocycles. The summed E-state index contributed by atoms with van der Waals surface area (Å²) in [6.07, 6.45) is 2.87. The molecular weight excluding hydrogens is 547 g/mol. The molecule has 6 rings (SSSR count). The standard InChI is InChI=1S/C28H21BrClFN2O3/c29-18-5-8-23-17(13-18)16-36-28(23)9-11-32(12-10-28)26(34)22-15-33(25-14-19(30)6-7-20(22)25)27(35)21-3-1-2-4-24(21)31/h1-8,13-15H,9-12,16H2. The zero-order valence-electron chi connectivity index (χ0n) is 19.1. The number of fused-ring (bicyclic) bond motifs is 3. The van der Waals surface area contributed by atoms with Gasteiger partial charge in [0.1, 0.15) is 5.82 Å². The van der Waals surface area contributed by atoms with E-state index in [1.165, 1.54) is 40.1 Å². The topological polar surface area (TPSA) is 51.5 Å². The number of carbonyl (C=O) groups excluding carboxylic acids is 2. The van der Waals surface area contributed by atoms with Gasteiger partial charge in [-0.25, -0.2) is 4.39 Å². The zero-order valence-corrected chi connectivity index (χ0v) is 21.5. The third-order valence-corrected chi connectivity index (χ3v) is 7.97. The fourth-order valence-electron chi connectivity index (χ4n) is 5.38. The predicted octanol–water partition coefficient (Wildman–Crippen LogP) is 6.55. The van der Waals surface area contributed by atoms with E-state index in [9.17, 15) is 14.0 Å². The monoisotopic (exact) mass is 566 g/mol. The Balaban J connectivity index is 1.31. The first kappa shape index (κ1) is 23.4. The van der Waals surface area contributed by atoms with E-state index < -0.39 is 11.7 Å². The highest BCUT2D eigenvalue weighted by atomic mass is 79.9. The van der Waals surface area contributed by atoms with Crippen molar-refractivity contribution in [3.63, 3.8) is 0 Å². The molecule has 0 aliphatic carbocycles. The normalized spacial score (nSPS) is 16.5. The number of nitrogens with zero attached hydrogens (tertiary/aromatic N) is 2. The van der Waals surface area contributed by atoms with Gasteiger partial charge in [-0.1, -0.05) is 51.8 Å². The van der Waals surface area contributed by atoms with Gasteiger partial charge in [-0.2, -0.15) is 0 Å². The maximum Gasteiger partial charge on any atom is 0.265 e. The third kappa shape index (κ3) is 3.77. The van der Waals surface area contributed by atoms with Gasteiger partial charge in [-0.15, -0.1) is 0 Å². The number of halogens is 3. The van der Waals surface area contributed by atoms with E-state index in [1.54, 1.807) is 29.2 Å². The lowest BCUT2D eigenvalue weighted by Gasteiger charge is -2.39. The molecule has 0 N–H and O–H groups in total. The van der Waals surface area contributed by atoms with Crippen LogP contribution in [0.15, 0.2) is 71.3 Å². The van der Waals surface area contributed by atoms with Crippen molar-refractivity contribution in [2.45, 2.75) is 25.0 Å². The number of hydrogen-bond donors (Lipinski definition) is 0. The fraction of sp³-hybridized carbons (Fsp3) is 0.214. The molecule has 1 spiro atoms. The number of rotatable bonds is 2. The van der Waals surface area contributed by atoms with Crippen molar-refractivity contribution < 1.29 is 18.7 Å². The lowest BCUT2D eigenvalue weighted by atomic mass is 9.83. The second-order valence-corrected chi connectivity index (χ2v) is 10.6. The Morgan fingerprint density at radius 2 is 1.75 bits per heavy atom. The molecule has 182 valence electrons. The van der Waals surface area contributed by atoms with Gasteiger partial charge in [-0.05, 0) is 60.4 Å². The van der Waals surface area contributed by atoms with Gasteiger partial charge in [-0.3, -0.25) is 14.2 Å². The Hall–Kier alpha value is -3.00. The smallest absolute Gasteiger partial charge is 0.265 e. The molecule has 1 amide bonds. The summed E-state index contributed by atoms with van der Waals surface area (Å²) in [5.74, 6) is -1.35. The number of piperidine rings is 1. The Morgan fingerprint density at radius 3 is 2.53 bits per heavy atom. The van der Waals surface area contributed by atoms with E-state index in [4.69, 9.17) is 16.3 Å². The predicted molar refractivity (Wildman–Crippen MR) is 139 cm³/mol. The number of amides is 1. The molecule has 2 aliphatic rings. The average Bonchev–Trinajstić information content (AvgIpc) is 3.42. The lowest BCUT2D eigenvalue weighted by molar-refractivity contribution is -0.0741. The minimum Gasteiger partial charge on any atom is -0.365 e. The van der Waals surface area contributed by atoms with Crippen molar-refractivity contribution in [2.75, 3.05) is 13.1 Å². The van der Waals surface area contributed by atoms with Crippen LogP contribution >= 0.6 is 27.5 Å². The van der Waals surface area contributed by atoms with Gasteiger partial charge < -0.3 is 9.64 Å². The van der Waals surface area contributed by atoms with Crippen LogP contribution in [0.1, 0.15) is 44.7 Å². The molecule has 1 fully saturated rings. The van der Waals surface area contributed by atoms with Crippen molar-refractivity contribution in [3.8, 4) is 0 Å². The molecule has 4 aromatic rings. The summed E-state index contributed by atoms with van der Waals surface area (Å²) in [4.78, 5) is 28.7. The van der Waals surface area contributed by atoms with Gasteiger partial charge in [0.05, 0.1) is 28.9 Å². The first-order valence-electron chi connectivity index (χ1n) is 11.7. The Kier molecular flexibility index (Phi) is 5.74. The van der Waals surface area contributed by atoms with Crippen LogP contribution in [0.5, 0.6) is 0 Å². The molecule has 1 aromatic heterocycles. The van der Waals surface area contributed by atoms with Crippen molar-refractivity contribution >= 4 is 50.2 Å². The van der Waals surface area contributed by atoms with Crippen LogP contribution < -0.4 is 0 Å². The van der Waals surface area contributed by atoms with Crippen LogP contribution in [0, 0.1) is 5.82 Å². The Morgan fingerprint density at radius 1 is 0.972 bits per heavy atom. The van der Waals surface area contributed by atoms with E-state index in [-0.39, 0.29) is 17.1 Å². The molecule has 36 heavy (non-hydrogen) atoms. The largest absolute Gasteiger partial charge is 0.365 e. The first-order chi connectivity index (χ1) is 17.4. The van der Waals surface area contributed by atoms with Gasteiger partial charge >= 0.3 is 0 Å². The summed E-state index contributed by atoms with van der Waals surface area (Å²) >= 11 is 9.74. The third-order valence-electron chi connectivity index (χ3n) is 7.24. The maximum atomic E-state index is 14.4. The Bertz CT molecular complexity index is 1540. The molecule has 8 heteroatoms. The van der Waals surface area contributed by atoms with Crippen LogP contribution in [0.25, 0.3) is 10.9 Å². The second-order valence-electron chi connectivity index (χ2n) is 9.24. The minimum atomic E-state index is -0.621. The molecule has 0 saturated carbocycles. The van der Waals surface area contributed by atoms with Crippen molar-refractivity contribution in [1.82, 2.24) is 9.47 Å². The molecule has 2 aliphatic heterocycles. The van der Waals surface area contributed by atoms with Gasteiger partial charge in [0.2, 0.25) is 0 Å². The van der Waals surface area contributed by atoms with Crippen LogP contribution in [0.3, 0.4) is 0 Å². The fourth-order valence-corrected chi connectivity index (χ4v) is 5.95. The lowest BCUT2D eigenvalue weighted by Crippen LogP contribution is -2.45. The van der Waals surface area contributed by atoms with Crippen molar-refractivity contribution in [2.24, 2.45) is 0 Å². The molecular formula is C28H21BrClFN2O3. The summed E-state index contributed by atoms with van der Waals surface area (Å²) in [5.41, 5.74) is 2.77. The summed E-state index contributed by atoms with van der Waals surface area (Å²) in [5, 5.41) is 1.02. The number of benzene rings is 3. The quantitative estimate of drug-likeness (QED) is 0.276. The highest BCUT2D eigenvalue weighted by Crippen LogP contribution is 2.45. The number of hydrogen-bond acceptors (Lipinski definition) is 3. The molecule has 5 nitrogen and oxygen atoms in total. The van der Waals surface area contributed by atoms with Crippen LogP contribution in [-0.2, 0) is 16.9 Å². The maximum absolute atomic E-state index is 14.4. The summed E-state index contributed by atoms with van der Waals surface area (Å²) in [6, 6.07) is 17.1. The highest BCUT2D eigenvalue weighted by molar-refractivity contribution is 9.10. The van der Waals surface area contributed by atoms with E-state index in [1.807, 2.05) is 6.07 Å². The molecule has 0 bridgehead atoms. The van der Waals surface area contributed by atoms with E-state index in [0.717, 1.165) is 4.47 Å². The average molecular weight is 568 g/mol. The summed E-state index contributed by atoms with van der Waals surface area (Å²) in [7, 11) is 0. The van der Waals surface area contributed by atoms with E-state index >= 15 is 0 Å². The van der Waals surface area contributed by atoms with E-state index in [2.05, 4.69) is 28.1 Å². The van der Waals surface area contributed by atoms with Gasteiger partial charge in [0.25, 0.3) is 11.8 Å². The highest BCUT2D eigenvalue weighted by Gasteiger charge is 2.43.